The second-order valence-electron chi connectivity index (χ2n) is 6.61. The van der Waals surface area contributed by atoms with E-state index in [0.29, 0.717) is 12.1 Å². The molecule has 3 nitrogen and oxygen atoms in total. The second kappa shape index (κ2) is 6.88. The molecule has 1 aliphatic rings. The first-order valence-corrected chi connectivity index (χ1v) is 7.51. The second-order valence-corrected chi connectivity index (χ2v) is 6.61. The quantitative estimate of drug-likeness (QED) is 0.794. The number of nitrogens with two attached hydrogens (primary N) is 1. The summed E-state index contributed by atoms with van der Waals surface area (Å²) in [6.07, 6.45) is 3.86. The van der Waals surface area contributed by atoms with E-state index in [0.717, 1.165) is 26.1 Å². The van der Waals surface area contributed by atoms with Gasteiger partial charge in [-0.05, 0) is 31.2 Å². The Morgan fingerprint density at radius 3 is 2.39 bits per heavy atom. The van der Waals surface area contributed by atoms with Crippen LogP contribution in [0.2, 0.25) is 0 Å². The molecule has 0 amide bonds. The van der Waals surface area contributed by atoms with Crippen LogP contribution in [0.1, 0.15) is 53.9 Å². The Morgan fingerprint density at radius 2 is 2.00 bits per heavy atom. The normalized spacial score (nSPS) is 24.5. The zero-order valence-corrected chi connectivity index (χ0v) is 12.9. The van der Waals surface area contributed by atoms with Crippen molar-refractivity contribution in [2.24, 2.45) is 11.1 Å². The molecule has 0 saturated carbocycles. The highest BCUT2D eigenvalue weighted by Crippen LogP contribution is 2.28. The molecular weight excluding hydrogens is 224 g/mol. The number of nitrogens with zero attached hydrogens (tertiary/aromatic N) is 1. The average Bonchev–Trinajstić information content (AvgIpc) is 2.78. The van der Waals surface area contributed by atoms with Gasteiger partial charge in [-0.25, -0.2) is 0 Å². The summed E-state index contributed by atoms with van der Waals surface area (Å²) in [5.41, 5.74) is 6.58. The molecule has 0 aromatic carbocycles. The van der Waals surface area contributed by atoms with Gasteiger partial charge in [-0.3, -0.25) is 4.90 Å². The summed E-state index contributed by atoms with van der Waals surface area (Å²) < 4.78 is 5.78. The van der Waals surface area contributed by atoms with Crippen LogP contribution in [0.5, 0.6) is 0 Å². The molecule has 3 unspecified atom stereocenters. The molecule has 1 saturated heterocycles. The molecule has 108 valence electrons. The molecule has 1 fully saturated rings. The fraction of sp³-hybridized carbons (Fsp3) is 1.00. The summed E-state index contributed by atoms with van der Waals surface area (Å²) in [5, 5.41) is 0. The summed E-state index contributed by atoms with van der Waals surface area (Å²) in [6.45, 7) is 14.3. The van der Waals surface area contributed by atoms with E-state index in [1.807, 2.05) is 0 Å². The topological polar surface area (TPSA) is 38.5 Å². The monoisotopic (exact) mass is 256 g/mol. The third kappa shape index (κ3) is 4.22. The van der Waals surface area contributed by atoms with Crippen molar-refractivity contribution in [1.82, 2.24) is 4.90 Å². The molecule has 3 heteroatoms. The van der Waals surface area contributed by atoms with Crippen molar-refractivity contribution in [3.05, 3.63) is 0 Å². The van der Waals surface area contributed by atoms with E-state index in [2.05, 4.69) is 39.5 Å². The molecule has 1 aliphatic heterocycles. The molecule has 0 aromatic rings. The Morgan fingerprint density at radius 1 is 1.33 bits per heavy atom. The third-order valence-corrected chi connectivity index (χ3v) is 4.03. The maximum absolute atomic E-state index is 6.37. The Bertz CT molecular complexity index is 231. The van der Waals surface area contributed by atoms with Crippen LogP contribution < -0.4 is 5.73 Å². The van der Waals surface area contributed by atoms with E-state index in [9.17, 15) is 0 Å². The first-order chi connectivity index (χ1) is 8.40. The van der Waals surface area contributed by atoms with Crippen molar-refractivity contribution >= 4 is 0 Å². The number of ether oxygens (including phenoxy) is 1. The minimum atomic E-state index is 0.212. The molecule has 0 radical (unpaired) electrons. The predicted molar refractivity (Wildman–Crippen MR) is 77.7 cm³/mol. The van der Waals surface area contributed by atoms with Crippen molar-refractivity contribution < 1.29 is 4.74 Å². The van der Waals surface area contributed by atoms with E-state index >= 15 is 0 Å². The highest BCUT2D eigenvalue weighted by atomic mass is 16.5. The van der Waals surface area contributed by atoms with Crippen LogP contribution >= 0.6 is 0 Å². The van der Waals surface area contributed by atoms with Crippen LogP contribution in [0.15, 0.2) is 0 Å². The molecular formula is C15H32N2O. The smallest absolute Gasteiger partial charge is 0.0702 e. The van der Waals surface area contributed by atoms with Crippen molar-refractivity contribution in [2.45, 2.75) is 72.1 Å². The first kappa shape index (κ1) is 15.9. The summed E-state index contributed by atoms with van der Waals surface area (Å²) in [4.78, 5) is 2.53. The average molecular weight is 256 g/mol. The number of hydrogen-bond donors (Lipinski definition) is 1. The Balaban J connectivity index is 2.72. The van der Waals surface area contributed by atoms with Crippen LogP contribution in [0.3, 0.4) is 0 Å². The van der Waals surface area contributed by atoms with Gasteiger partial charge in [0, 0.05) is 25.2 Å². The third-order valence-electron chi connectivity index (χ3n) is 4.03. The molecule has 18 heavy (non-hydrogen) atoms. The highest BCUT2D eigenvalue weighted by Gasteiger charge is 2.35. The van der Waals surface area contributed by atoms with Crippen LogP contribution in [-0.4, -0.2) is 42.8 Å². The number of likely N-dealkylation sites (N-methyl/N-ethyl adjacent to an activating group) is 1. The predicted octanol–water partition coefficient (Wildman–Crippen LogP) is 2.64. The van der Waals surface area contributed by atoms with E-state index < -0.39 is 0 Å². The lowest BCUT2D eigenvalue weighted by Gasteiger charge is -2.44. The van der Waals surface area contributed by atoms with Crippen LogP contribution in [0.25, 0.3) is 0 Å². The standard InChI is InChI=1S/C15H32N2O/c1-6-13(16)14(15(3,4)5)17(7-2)11-12-9-8-10-18-12/h12-14H,6-11,16H2,1-5H3. The molecule has 1 rings (SSSR count). The van der Waals surface area contributed by atoms with Gasteiger partial charge in [0.2, 0.25) is 0 Å². The fourth-order valence-corrected chi connectivity index (χ4v) is 3.17. The molecule has 1 heterocycles. The van der Waals surface area contributed by atoms with E-state index in [1.165, 1.54) is 12.8 Å². The van der Waals surface area contributed by atoms with Gasteiger partial charge in [-0.1, -0.05) is 34.6 Å². The van der Waals surface area contributed by atoms with Gasteiger partial charge in [0.15, 0.2) is 0 Å². The molecule has 0 aliphatic carbocycles. The number of rotatable bonds is 6. The molecule has 2 N–H and O–H groups in total. The zero-order valence-electron chi connectivity index (χ0n) is 12.9. The molecule has 3 atom stereocenters. The van der Waals surface area contributed by atoms with Crippen molar-refractivity contribution in [1.29, 1.82) is 0 Å². The van der Waals surface area contributed by atoms with Gasteiger partial charge >= 0.3 is 0 Å². The van der Waals surface area contributed by atoms with Gasteiger partial charge in [0.05, 0.1) is 6.10 Å². The summed E-state index contributed by atoms with van der Waals surface area (Å²) in [7, 11) is 0. The van der Waals surface area contributed by atoms with Crippen molar-refractivity contribution in [2.75, 3.05) is 19.7 Å². The zero-order chi connectivity index (χ0) is 13.8. The van der Waals surface area contributed by atoms with E-state index in [1.54, 1.807) is 0 Å². The molecule has 0 spiro atoms. The van der Waals surface area contributed by atoms with Crippen LogP contribution in [0, 0.1) is 5.41 Å². The first-order valence-electron chi connectivity index (χ1n) is 7.51. The van der Waals surface area contributed by atoms with Crippen LogP contribution in [-0.2, 0) is 4.74 Å². The van der Waals surface area contributed by atoms with Crippen LogP contribution in [0.4, 0.5) is 0 Å². The van der Waals surface area contributed by atoms with E-state index in [-0.39, 0.29) is 11.5 Å². The minimum Gasteiger partial charge on any atom is -0.377 e. The lowest BCUT2D eigenvalue weighted by atomic mass is 9.80. The van der Waals surface area contributed by atoms with Gasteiger partial charge in [0.1, 0.15) is 0 Å². The minimum absolute atomic E-state index is 0.212. The summed E-state index contributed by atoms with van der Waals surface area (Å²) in [6, 6.07) is 0.669. The SMILES string of the molecule is CCC(N)C(N(CC)CC1CCCO1)C(C)(C)C. The van der Waals surface area contributed by atoms with Crippen molar-refractivity contribution in [3.8, 4) is 0 Å². The van der Waals surface area contributed by atoms with Gasteiger partial charge in [-0.2, -0.15) is 0 Å². The highest BCUT2D eigenvalue weighted by molar-refractivity contribution is 4.91. The fourth-order valence-electron chi connectivity index (χ4n) is 3.17. The number of hydrogen-bond acceptors (Lipinski definition) is 3. The Labute approximate surface area is 113 Å². The Kier molecular flexibility index (Phi) is 6.09. The largest absolute Gasteiger partial charge is 0.377 e. The van der Waals surface area contributed by atoms with Gasteiger partial charge < -0.3 is 10.5 Å². The Hall–Kier alpha value is -0.120. The molecule has 0 aromatic heterocycles. The van der Waals surface area contributed by atoms with E-state index in [4.69, 9.17) is 10.5 Å². The molecule has 0 bridgehead atoms. The van der Waals surface area contributed by atoms with Gasteiger partial charge in [-0.15, -0.1) is 0 Å². The van der Waals surface area contributed by atoms with Gasteiger partial charge in [0.25, 0.3) is 0 Å². The summed E-state index contributed by atoms with van der Waals surface area (Å²) >= 11 is 0. The summed E-state index contributed by atoms with van der Waals surface area (Å²) in [5.74, 6) is 0. The maximum Gasteiger partial charge on any atom is 0.0702 e. The van der Waals surface area contributed by atoms with Crippen molar-refractivity contribution in [3.63, 3.8) is 0 Å². The maximum atomic E-state index is 6.37. The lowest BCUT2D eigenvalue weighted by Crippen LogP contribution is -2.56. The lowest BCUT2D eigenvalue weighted by molar-refractivity contribution is 0.0213.